The van der Waals surface area contributed by atoms with Crippen molar-refractivity contribution in [1.82, 2.24) is 9.97 Å². The SMILES string of the molecule is NC(=O)c1ccc(OCc2nc3ccc(F)cc3[nH]2)c(OCc2ccc(Br)cc2F)c1. The number of hydrogen-bond donors (Lipinski definition) is 2. The molecule has 9 heteroatoms. The molecule has 1 heterocycles. The van der Waals surface area contributed by atoms with Gasteiger partial charge in [-0.3, -0.25) is 4.79 Å². The minimum Gasteiger partial charge on any atom is -0.485 e. The van der Waals surface area contributed by atoms with Crippen LogP contribution in [0, 0.1) is 11.6 Å². The van der Waals surface area contributed by atoms with Gasteiger partial charge in [0, 0.05) is 15.6 Å². The minimum atomic E-state index is -0.634. The highest BCUT2D eigenvalue weighted by atomic mass is 79.9. The van der Waals surface area contributed by atoms with E-state index in [1.54, 1.807) is 18.2 Å². The van der Waals surface area contributed by atoms with E-state index in [0.29, 0.717) is 32.6 Å². The molecule has 0 bridgehead atoms. The molecule has 3 aromatic carbocycles. The van der Waals surface area contributed by atoms with Crippen LogP contribution in [0.2, 0.25) is 0 Å². The molecule has 1 aromatic heterocycles. The first-order chi connectivity index (χ1) is 14.9. The van der Waals surface area contributed by atoms with Gasteiger partial charge in [0.2, 0.25) is 5.91 Å². The van der Waals surface area contributed by atoms with Crippen molar-refractivity contribution in [2.24, 2.45) is 5.73 Å². The molecule has 31 heavy (non-hydrogen) atoms. The van der Waals surface area contributed by atoms with Crippen molar-refractivity contribution in [2.45, 2.75) is 13.2 Å². The Morgan fingerprint density at radius 2 is 1.81 bits per heavy atom. The van der Waals surface area contributed by atoms with Crippen LogP contribution in [0.15, 0.2) is 59.1 Å². The molecule has 6 nitrogen and oxygen atoms in total. The number of rotatable bonds is 7. The summed E-state index contributed by atoms with van der Waals surface area (Å²) in [6, 6.07) is 13.3. The van der Waals surface area contributed by atoms with E-state index in [1.807, 2.05) is 0 Å². The lowest BCUT2D eigenvalue weighted by atomic mass is 10.2. The van der Waals surface area contributed by atoms with Crippen LogP contribution >= 0.6 is 15.9 Å². The highest BCUT2D eigenvalue weighted by Crippen LogP contribution is 2.30. The number of fused-ring (bicyclic) bond motifs is 1. The van der Waals surface area contributed by atoms with Crippen molar-refractivity contribution in [3.8, 4) is 11.5 Å². The van der Waals surface area contributed by atoms with E-state index in [2.05, 4.69) is 25.9 Å². The summed E-state index contributed by atoms with van der Waals surface area (Å²) in [6.07, 6.45) is 0. The average molecular weight is 488 g/mol. The Hall–Kier alpha value is -3.46. The number of hydrogen-bond acceptors (Lipinski definition) is 4. The van der Waals surface area contributed by atoms with Gasteiger partial charge in [0.1, 0.15) is 30.7 Å². The third kappa shape index (κ3) is 4.83. The van der Waals surface area contributed by atoms with Gasteiger partial charge in [-0.1, -0.05) is 22.0 Å². The van der Waals surface area contributed by atoms with Crippen LogP contribution < -0.4 is 15.2 Å². The number of H-pyrrole nitrogens is 1. The molecule has 3 N–H and O–H groups in total. The van der Waals surface area contributed by atoms with Gasteiger partial charge in [-0.15, -0.1) is 0 Å². The summed E-state index contributed by atoms with van der Waals surface area (Å²) in [6.45, 7) is -0.0448. The van der Waals surface area contributed by atoms with Crippen LogP contribution in [-0.2, 0) is 13.2 Å². The lowest BCUT2D eigenvalue weighted by molar-refractivity contribution is 0.0999. The number of primary amides is 1. The molecule has 4 aromatic rings. The molecule has 0 spiro atoms. The van der Waals surface area contributed by atoms with Gasteiger partial charge in [-0.25, -0.2) is 13.8 Å². The molecule has 0 saturated carbocycles. The number of benzene rings is 3. The Labute approximate surface area is 184 Å². The maximum Gasteiger partial charge on any atom is 0.248 e. The van der Waals surface area contributed by atoms with Crippen molar-refractivity contribution in [3.63, 3.8) is 0 Å². The Kier molecular flexibility index (Phi) is 5.85. The smallest absolute Gasteiger partial charge is 0.248 e. The predicted octanol–water partition coefficient (Wildman–Crippen LogP) is 4.86. The second-order valence-electron chi connectivity index (χ2n) is 6.68. The van der Waals surface area contributed by atoms with E-state index in [9.17, 15) is 13.6 Å². The number of carbonyl (C=O) groups excluding carboxylic acids is 1. The zero-order valence-electron chi connectivity index (χ0n) is 16.0. The van der Waals surface area contributed by atoms with Crippen LogP contribution in [0.5, 0.6) is 11.5 Å². The van der Waals surface area contributed by atoms with Gasteiger partial charge in [0.15, 0.2) is 11.5 Å². The van der Waals surface area contributed by atoms with Gasteiger partial charge in [-0.05, 0) is 48.5 Å². The number of carbonyl (C=O) groups is 1. The molecule has 0 unspecified atom stereocenters. The van der Waals surface area contributed by atoms with Crippen molar-refractivity contribution >= 4 is 32.9 Å². The molecule has 0 saturated heterocycles. The fourth-order valence-electron chi connectivity index (χ4n) is 2.94. The maximum atomic E-state index is 14.1. The van der Waals surface area contributed by atoms with Crippen LogP contribution in [0.4, 0.5) is 8.78 Å². The van der Waals surface area contributed by atoms with Crippen molar-refractivity contribution in [2.75, 3.05) is 0 Å². The summed E-state index contributed by atoms with van der Waals surface area (Å²) in [4.78, 5) is 18.9. The van der Waals surface area contributed by atoms with Crippen LogP contribution in [0.1, 0.15) is 21.7 Å². The zero-order valence-corrected chi connectivity index (χ0v) is 17.6. The standard InChI is InChI=1S/C22H16BrF2N3O3/c23-14-3-1-13(16(25)8-14)10-30-20-7-12(22(26)29)2-6-19(20)31-11-21-27-17-5-4-15(24)9-18(17)28-21/h1-9H,10-11H2,(H2,26,29)(H,27,28). The number of halogens is 3. The quantitative estimate of drug-likeness (QED) is 0.389. The highest BCUT2D eigenvalue weighted by molar-refractivity contribution is 9.10. The van der Waals surface area contributed by atoms with E-state index >= 15 is 0 Å². The third-order valence-electron chi connectivity index (χ3n) is 4.48. The van der Waals surface area contributed by atoms with Gasteiger partial charge >= 0.3 is 0 Å². The molecular formula is C22H16BrF2N3O3. The molecule has 158 valence electrons. The number of ether oxygens (including phenoxy) is 2. The molecule has 0 atom stereocenters. The lowest BCUT2D eigenvalue weighted by Gasteiger charge is -2.13. The predicted molar refractivity (Wildman–Crippen MR) is 114 cm³/mol. The first kappa shape index (κ1) is 20.8. The molecule has 1 amide bonds. The summed E-state index contributed by atoms with van der Waals surface area (Å²) < 4.78 is 39.6. The minimum absolute atomic E-state index is 0.0369. The number of nitrogens with two attached hydrogens (primary N) is 1. The number of amides is 1. The maximum absolute atomic E-state index is 14.1. The van der Waals surface area contributed by atoms with E-state index in [1.165, 1.54) is 36.4 Å². The van der Waals surface area contributed by atoms with Crippen LogP contribution in [0.25, 0.3) is 11.0 Å². The first-order valence-electron chi connectivity index (χ1n) is 9.16. The van der Waals surface area contributed by atoms with E-state index < -0.39 is 11.7 Å². The Morgan fingerprint density at radius 3 is 2.58 bits per heavy atom. The van der Waals surface area contributed by atoms with Crippen molar-refractivity contribution in [3.05, 3.63) is 87.7 Å². The number of imidazole rings is 1. The second kappa shape index (κ2) is 8.73. The molecule has 0 fully saturated rings. The lowest BCUT2D eigenvalue weighted by Crippen LogP contribution is -2.11. The number of aromatic nitrogens is 2. The molecular weight excluding hydrogens is 472 g/mol. The average Bonchev–Trinajstić information content (AvgIpc) is 3.13. The van der Waals surface area contributed by atoms with Gasteiger partial charge < -0.3 is 20.2 Å². The van der Waals surface area contributed by atoms with Crippen LogP contribution in [0.3, 0.4) is 0 Å². The highest BCUT2D eigenvalue weighted by Gasteiger charge is 2.13. The fourth-order valence-corrected chi connectivity index (χ4v) is 3.27. The number of nitrogens with zero attached hydrogens (tertiary/aromatic N) is 1. The second-order valence-corrected chi connectivity index (χ2v) is 7.60. The normalized spacial score (nSPS) is 10.9. The summed E-state index contributed by atoms with van der Waals surface area (Å²) in [5.41, 5.74) is 7.06. The largest absolute Gasteiger partial charge is 0.485 e. The Balaban J connectivity index is 1.54. The molecule has 0 radical (unpaired) electrons. The Bertz CT molecular complexity index is 1280. The summed E-state index contributed by atoms with van der Waals surface area (Å²) in [5, 5.41) is 0. The first-order valence-corrected chi connectivity index (χ1v) is 9.96. The van der Waals surface area contributed by atoms with Crippen LogP contribution in [-0.4, -0.2) is 15.9 Å². The van der Waals surface area contributed by atoms with Crippen molar-refractivity contribution < 1.29 is 23.0 Å². The summed E-state index contributed by atoms with van der Waals surface area (Å²) >= 11 is 3.21. The monoisotopic (exact) mass is 487 g/mol. The molecule has 4 rings (SSSR count). The topological polar surface area (TPSA) is 90.2 Å². The summed E-state index contributed by atoms with van der Waals surface area (Å²) in [7, 11) is 0. The zero-order chi connectivity index (χ0) is 22.0. The van der Waals surface area contributed by atoms with Crippen molar-refractivity contribution in [1.29, 1.82) is 0 Å². The van der Waals surface area contributed by atoms with Gasteiger partial charge in [-0.2, -0.15) is 0 Å². The number of nitrogens with one attached hydrogen (secondary N) is 1. The molecule has 0 aliphatic rings. The molecule has 0 aliphatic carbocycles. The van der Waals surface area contributed by atoms with Gasteiger partial charge in [0.25, 0.3) is 0 Å². The van der Waals surface area contributed by atoms with Gasteiger partial charge in [0.05, 0.1) is 11.0 Å². The van der Waals surface area contributed by atoms with E-state index in [4.69, 9.17) is 15.2 Å². The third-order valence-corrected chi connectivity index (χ3v) is 4.98. The van der Waals surface area contributed by atoms with E-state index in [-0.39, 0.29) is 30.3 Å². The van der Waals surface area contributed by atoms with E-state index in [0.717, 1.165) is 0 Å². The Morgan fingerprint density at radius 1 is 1.00 bits per heavy atom. The molecule has 0 aliphatic heterocycles. The number of aromatic amines is 1. The summed E-state index contributed by atoms with van der Waals surface area (Å²) in [5.74, 6) is -0.427. The fraction of sp³-hybridized carbons (Fsp3) is 0.0909.